The van der Waals surface area contributed by atoms with Gasteiger partial charge < -0.3 is 30.9 Å². The summed E-state index contributed by atoms with van der Waals surface area (Å²) in [6.07, 6.45) is 6.00. The molecule has 4 unspecified atom stereocenters. The standard InChI is InChI=1S/C13H17N3O4/c1-3-12(14)8-6-13(8,7(2)17)20-10(12)16-5-4-9(18)15-11(16)19/h1,4-5,7-8,10-11,17,19H,6,14H2,2H3,(H,15,18)/t7-,8?,10-,11?,12?,13?/m1/s1. The molecule has 0 spiro atoms. The first-order chi connectivity index (χ1) is 9.35. The Labute approximate surface area is 116 Å². The van der Waals surface area contributed by atoms with Crippen molar-refractivity contribution in [1.82, 2.24) is 10.2 Å². The van der Waals surface area contributed by atoms with E-state index in [2.05, 4.69) is 11.2 Å². The number of carbonyl (C=O) groups is 1. The molecule has 2 heterocycles. The lowest BCUT2D eigenvalue weighted by Gasteiger charge is -2.40. The Balaban J connectivity index is 1.93. The number of aliphatic hydroxyl groups excluding tert-OH is 2. The average Bonchev–Trinajstić information content (AvgIpc) is 3.07. The molecule has 2 fully saturated rings. The fourth-order valence-electron chi connectivity index (χ4n) is 3.17. The lowest BCUT2D eigenvalue weighted by atomic mass is 9.92. The van der Waals surface area contributed by atoms with Crippen LogP contribution in [0.25, 0.3) is 0 Å². The van der Waals surface area contributed by atoms with Crippen molar-refractivity contribution in [2.24, 2.45) is 11.7 Å². The van der Waals surface area contributed by atoms with Gasteiger partial charge in [-0.05, 0) is 13.3 Å². The van der Waals surface area contributed by atoms with Crippen molar-refractivity contribution in [3.8, 4) is 12.3 Å². The summed E-state index contributed by atoms with van der Waals surface area (Å²) in [5.41, 5.74) is 4.37. The number of hydrogen-bond donors (Lipinski definition) is 4. The summed E-state index contributed by atoms with van der Waals surface area (Å²) in [6.45, 7) is 1.63. The number of nitrogens with one attached hydrogen (secondary N) is 1. The second-order valence-corrected chi connectivity index (χ2v) is 5.58. The zero-order valence-electron chi connectivity index (χ0n) is 11.0. The van der Waals surface area contributed by atoms with Gasteiger partial charge >= 0.3 is 0 Å². The average molecular weight is 279 g/mol. The molecular weight excluding hydrogens is 262 g/mol. The number of nitrogens with zero attached hydrogens (tertiary/aromatic N) is 1. The normalized spacial score (nSPS) is 47.5. The molecule has 0 aromatic carbocycles. The summed E-state index contributed by atoms with van der Waals surface area (Å²) in [7, 11) is 0. The van der Waals surface area contributed by atoms with Crippen LogP contribution in [-0.4, -0.2) is 50.8 Å². The van der Waals surface area contributed by atoms with Crippen LogP contribution in [0.4, 0.5) is 0 Å². The number of terminal acetylenes is 1. The molecular formula is C13H17N3O4. The Morgan fingerprint density at radius 3 is 3.00 bits per heavy atom. The molecule has 5 N–H and O–H groups in total. The molecule has 0 aromatic rings. The van der Waals surface area contributed by atoms with Gasteiger partial charge in [0.15, 0.2) is 6.23 Å². The minimum absolute atomic E-state index is 0.178. The maximum Gasteiger partial charge on any atom is 0.248 e. The summed E-state index contributed by atoms with van der Waals surface area (Å²) in [6, 6.07) is 0. The van der Waals surface area contributed by atoms with Crippen LogP contribution in [0.1, 0.15) is 13.3 Å². The fraction of sp³-hybridized carbons (Fsp3) is 0.615. The monoisotopic (exact) mass is 279 g/mol. The summed E-state index contributed by atoms with van der Waals surface area (Å²) in [5.74, 6) is 1.94. The highest BCUT2D eigenvalue weighted by molar-refractivity contribution is 5.88. The zero-order valence-corrected chi connectivity index (χ0v) is 11.0. The first-order valence-corrected chi connectivity index (χ1v) is 6.42. The van der Waals surface area contributed by atoms with E-state index in [1.54, 1.807) is 6.92 Å². The SMILES string of the molecule is C#CC1(N)C2CC2([C@@H](C)O)O[C@H]1N1C=CC(=O)NC1O. The number of aliphatic hydroxyl groups is 2. The minimum Gasteiger partial charge on any atom is -0.390 e. The summed E-state index contributed by atoms with van der Waals surface area (Å²) in [5, 5.41) is 22.1. The van der Waals surface area contributed by atoms with E-state index in [-0.39, 0.29) is 5.92 Å². The smallest absolute Gasteiger partial charge is 0.248 e. The first kappa shape index (κ1) is 13.4. The van der Waals surface area contributed by atoms with Crippen molar-refractivity contribution >= 4 is 5.91 Å². The Hall–Kier alpha value is -1.59. The number of amides is 1. The lowest BCUT2D eigenvalue weighted by molar-refractivity contribution is -0.166. The number of carbonyl (C=O) groups excluding carboxylic acids is 1. The van der Waals surface area contributed by atoms with Crippen LogP contribution in [-0.2, 0) is 9.53 Å². The molecule has 1 amide bonds. The van der Waals surface area contributed by atoms with E-state index in [1.165, 1.54) is 17.2 Å². The molecule has 20 heavy (non-hydrogen) atoms. The predicted octanol–water partition coefficient (Wildman–Crippen LogP) is -1.97. The number of hydrogen-bond acceptors (Lipinski definition) is 6. The third-order valence-electron chi connectivity index (χ3n) is 4.45. The van der Waals surface area contributed by atoms with Gasteiger partial charge in [-0.3, -0.25) is 4.79 Å². The predicted molar refractivity (Wildman–Crippen MR) is 68.3 cm³/mol. The van der Waals surface area contributed by atoms with Crippen LogP contribution in [0, 0.1) is 18.3 Å². The molecule has 6 atom stereocenters. The minimum atomic E-state index is -1.27. The van der Waals surface area contributed by atoms with Gasteiger partial charge in [0, 0.05) is 18.2 Å². The van der Waals surface area contributed by atoms with Gasteiger partial charge in [0.1, 0.15) is 11.1 Å². The summed E-state index contributed by atoms with van der Waals surface area (Å²) >= 11 is 0. The third-order valence-corrected chi connectivity index (χ3v) is 4.45. The molecule has 0 aromatic heterocycles. The van der Waals surface area contributed by atoms with Crippen molar-refractivity contribution in [3.05, 3.63) is 12.3 Å². The van der Waals surface area contributed by atoms with Gasteiger partial charge in [0.25, 0.3) is 0 Å². The van der Waals surface area contributed by atoms with E-state index < -0.39 is 35.7 Å². The second-order valence-electron chi connectivity index (χ2n) is 5.58. The Morgan fingerprint density at radius 1 is 1.75 bits per heavy atom. The lowest BCUT2D eigenvalue weighted by Crippen LogP contribution is -2.62. The topological polar surface area (TPSA) is 108 Å². The Morgan fingerprint density at radius 2 is 2.45 bits per heavy atom. The second kappa shape index (κ2) is 3.96. The van der Waals surface area contributed by atoms with Gasteiger partial charge in [0.2, 0.25) is 12.3 Å². The van der Waals surface area contributed by atoms with Crippen LogP contribution < -0.4 is 11.1 Å². The summed E-state index contributed by atoms with van der Waals surface area (Å²) in [4.78, 5) is 12.5. The molecule has 2 aliphatic heterocycles. The van der Waals surface area contributed by atoms with E-state index in [4.69, 9.17) is 16.9 Å². The molecule has 1 saturated carbocycles. The quantitative estimate of drug-likeness (QED) is 0.437. The van der Waals surface area contributed by atoms with Crippen LogP contribution in [0.2, 0.25) is 0 Å². The highest BCUT2D eigenvalue weighted by Gasteiger charge is 2.76. The van der Waals surface area contributed by atoms with Gasteiger partial charge in [-0.1, -0.05) is 5.92 Å². The van der Waals surface area contributed by atoms with Crippen molar-refractivity contribution in [3.63, 3.8) is 0 Å². The van der Waals surface area contributed by atoms with Crippen LogP contribution in [0.3, 0.4) is 0 Å². The van der Waals surface area contributed by atoms with E-state index in [0.29, 0.717) is 6.42 Å². The third kappa shape index (κ3) is 1.53. The van der Waals surface area contributed by atoms with E-state index in [9.17, 15) is 15.0 Å². The molecule has 1 saturated heterocycles. The molecule has 7 heteroatoms. The summed E-state index contributed by atoms with van der Waals surface area (Å²) < 4.78 is 5.88. The van der Waals surface area contributed by atoms with Crippen LogP contribution >= 0.6 is 0 Å². The van der Waals surface area contributed by atoms with Crippen molar-refractivity contribution < 1.29 is 19.7 Å². The highest BCUT2D eigenvalue weighted by atomic mass is 16.6. The molecule has 1 aliphatic carbocycles. The molecule has 7 nitrogen and oxygen atoms in total. The maximum atomic E-state index is 11.2. The highest BCUT2D eigenvalue weighted by Crippen LogP contribution is 2.62. The van der Waals surface area contributed by atoms with Gasteiger partial charge in [-0.2, -0.15) is 0 Å². The Kier molecular flexibility index (Phi) is 2.65. The molecule has 0 bridgehead atoms. The fourth-order valence-corrected chi connectivity index (χ4v) is 3.17. The molecule has 0 radical (unpaired) electrons. The van der Waals surface area contributed by atoms with E-state index >= 15 is 0 Å². The van der Waals surface area contributed by atoms with E-state index in [1.807, 2.05) is 0 Å². The maximum absolute atomic E-state index is 11.2. The van der Waals surface area contributed by atoms with Gasteiger partial charge in [-0.25, -0.2) is 0 Å². The molecule has 3 rings (SSSR count). The Bertz CT molecular complexity index is 528. The van der Waals surface area contributed by atoms with Crippen molar-refractivity contribution in [2.75, 3.05) is 0 Å². The number of fused-ring (bicyclic) bond motifs is 1. The van der Waals surface area contributed by atoms with Gasteiger partial charge in [0.05, 0.1) is 6.10 Å². The number of rotatable bonds is 2. The largest absolute Gasteiger partial charge is 0.390 e. The van der Waals surface area contributed by atoms with Crippen LogP contribution in [0.5, 0.6) is 0 Å². The van der Waals surface area contributed by atoms with Crippen LogP contribution in [0.15, 0.2) is 12.3 Å². The van der Waals surface area contributed by atoms with Crippen molar-refractivity contribution in [2.45, 2.75) is 43.2 Å². The number of ether oxygens (including phenoxy) is 1. The van der Waals surface area contributed by atoms with E-state index in [0.717, 1.165) is 0 Å². The number of nitrogens with two attached hydrogens (primary N) is 1. The molecule has 108 valence electrons. The first-order valence-electron chi connectivity index (χ1n) is 6.42. The van der Waals surface area contributed by atoms with Gasteiger partial charge in [-0.15, -0.1) is 6.42 Å². The molecule has 3 aliphatic rings. The zero-order chi connectivity index (χ0) is 14.7. The van der Waals surface area contributed by atoms with Crippen molar-refractivity contribution in [1.29, 1.82) is 0 Å².